The maximum Gasteiger partial charge on any atom is 0.337 e. The highest BCUT2D eigenvalue weighted by molar-refractivity contribution is 8.18. The Morgan fingerprint density at radius 1 is 1.03 bits per heavy atom. The Balaban J connectivity index is 1.49. The van der Waals surface area contributed by atoms with Gasteiger partial charge in [0.2, 0.25) is 0 Å². The first kappa shape index (κ1) is 21.2. The second kappa shape index (κ2) is 9.39. The van der Waals surface area contributed by atoms with E-state index in [-0.39, 0.29) is 5.91 Å². The summed E-state index contributed by atoms with van der Waals surface area (Å²) >= 11 is 1.35. The van der Waals surface area contributed by atoms with E-state index in [1.54, 1.807) is 36.2 Å². The smallest absolute Gasteiger partial charge is 0.337 e. The van der Waals surface area contributed by atoms with Crippen LogP contribution in [-0.4, -0.2) is 49.2 Å². The van der Waals surface area contributed by atoms with E-state index in [1.165, 1.54) is 43.8 Å². The molecule has 2 aliphatic rings. The van der Waals surface area contributed by atoms with Crippen LogP contribution in [0, 0.1) is 0 Å². The van der Waals surface area contributed by atoms with E-state index in [0.717, 1.165) is 18.7 Å². The van der Waals surface area contributed by atoms with Gasteiger partial charge in [-0.05, 0) is 79.1 Å². The number of likely N-dealkylation sites (N-methyl/N-ethyl adjacent to an activating group) is 1. The van der Waals surface area contributed by atoms with Gasteiger partial charge >= 0.3 is 5.97 Å². The Kier molecular flexibility index (Phi) is 6.42. The van der Waals surface area contributed by atoms with Crippen LogP contribution >= 0.6 is 11.8 Å². The van der Waals surface area contributed by atoms with Crippen LogP contribution in [0.4, 0.5) is 11.4 Å². The average molecular weight is 436 g/mol. The van der Waals surface area contributed by atoms with Gasteiger partial charge in [-0.2, -0.15) is 0 Å². The molecule has 2 heterocycles. The van der Waals surface area contributed by atoms with Crippen LogP contribution < -0.4 is 4.90 Å². The predicted molar refractivity (Wildman–Crippen MR) is 126 cm³/mol. The molecule has 6 nitrogen and oxygen atoms in total. The lowest BCUT2D eigenvalue weighted by Crippen LogP contribution is -2.29. The maximum atomic E-state index is 12.7. The number of ether oxygens (including phenoxy) is 1. The Morgan fingerprint density at radius 2 is 1.71 bits per heavy atom. The minimum Gasteiger partial charge on any atom is -0.465 e. The van der Waals surface area contributed by atoms with Crippen LogP contribution in [0.5, 0.6) is 0 Å². The first-order valence-electron chi connectivity index (χ1n) is 10.3. The van der Waals surface area contributed by atoms with Crippen LogP contribution in [0.25, 0.3) is 6.08 Å². The zero-order valence-corrected chi connectivity index (χ0v) is 18.5. The van der Waals surface area contributed by atoms with E-state index in [1.807, 2.05) is 6.08 Å². The lowest BCUT2D eigenvalue weighted by Gasteiger charge is -2.28. The molecular weight excluding hydrogens is 410 g/mol. The molecule has 2 aromatic rings. The number of carbonyl (C=O) groups excluding carboxylic acids is 2. The molecular formula is C24H25N3O3S. The number of aliphatic imine (C=N–C) groups is 1. The van der Waals surface area contributed by atoms with Crippen molar-refractivity contribution in [2.24, 2.45) is 4.99 Å². The molecule has 2 fully saturated rings. The number of rotatable bonds is 4. The van der Waals surface area contributed by atoms with Crippen molar-refractivity contribution in [3.05, 3.63) is 64.6 Å². The standard InChI is InChI=1S/C24H25N3O3S/c1-26-22(28)21(16-17-6-12-20(13-7-17)27-14-4-3-5-15-27)31-24(26)25-19-10-8-18(9-11-19)23(29)30-2/h6-13,16H,3-5,14-15H2,1-2H3/b21-16-,25-24?. The number of piperidine rings is 1. The summed E-state index contributed by atoms with van der Waals surface area (Å²) in [4.78, 5) is 33.4. The van der Waals surface area contributed by atoms with E-state index < -0.39 is 5.97 Å². The fourth-order valence-electron chi connectivity index (χ4n) is 3.64. The number of amides is 1. The topological polar surface area (TPSA) is 62.2 Å². The minimum absolute atomic E-state index is 0.0740. The Hall–Kier alpha value is -3.06. The van der Waals surface area contributed by atoms with Gasteiger partial charge in [0.25, 0.3) is 5.91 Å². The molecule has 2 aliphatic heterocycles. The summed E-state index contributed by atoms with van der Waals surface area (Å²) in [5, 5.41) is 0.604. The van der Waals surface area contributed by atoms with Crippen molar-refractivity contribution < 1.29 is 14.3 Å². The molecule has 7 heteroatoms. The van der Waals surface area contributed by atoms with Crippen molar-refractivity contribution in [1.29, 1.82) is 0 Å². The normalized spacial score (nSPS) is 19.4. The Bertz CT molecular complexity index is 1020. The highest BCUT2D eigenvalue weighted by Crippen LogP contribution is 2.33. The van der Waals surface area contributed by atoms with E-state index >= 15 is 0 Å². The number of thioether (sulfide) groups is 1. The van der Waals surface area contributed by atoms with Crippen molar-refractivity contribution in [2.75, 3.05) is 32.1 Å². The van der Waals surface area contributed by atoms with Crippen molar-refractivity contribution in [1.82, 2.24) is 4.90 Å². The molecule has 2 saturated heterocycles. The molecule has 0 spiro atoms. The second-order valence-corrected chi connectivity index (χ2v) is 8.56. The summed E-state index contributed by atoms with van der Waals surface area (Å²) in [5.41, 5.74) is 3.36. The Labute approximate surface area is 186 Å². The fraction of sp³-hybridized carbons (Fsp3) is 0.292. The summed E-state index contributed by atoms with van der Waals surface area (Å²) in [5.74, 6) is -0.465. The summed E-state index contributed by atoms with van der Waals surface area (Å²) in [6, 6.07) is 15.2. The van der Waals surface area contributed by atoms with E-state index in [2.05, 4.69) is 34.2 Å². The highest BCUT2D eigenvalue weighted by Gasteiger charge is 2.30. The highest BCUT2D eigenvalue weighted by atomic mass is 32.2. The van der Waals surface area contributed by atoms with Crippen LogP contribution in [0.3, 0.4) is 0 Å². The molecule has 0 bridgehead atoms. The molecule has 0 radical (unpaired) electrons. The van der Waals surface area contributed by atoms with Gasteiger partial charge in [0, 0.05) is 25.8 Å². The Morgan fingerprint density at radius 3 is 2.35 bits per heavy atom. The summed E-state index contributed by atoms with van der Waals surface area (Å²) in [6.45, 7) is 2.22. The quantitative estimate of drug-likeness (QED) is 0.515. The monoisotopic (exact) mass is 435 g/mol. The average Bonchev–Trinajstić information content (AvgIpc) is 3.07. The number of carbonyl (C=O) groups is 2. The summed E-state index contributed by atoms with van der Waals surface area (Å²) < 4.78 is 4.71. The molecule has 4 rings (SSSR count). The van der Waals surface area contributed by atoms with Gasteiger partial charge in [0.1, 0.15) is 0 Å². The van der Waals surface area contributed by atoms with Gasteiger partial charge in [-0.15, -0.1) is 0 Å². The number of hydrogen-bond donors (Lipinski definition) is 0. The molecule has 1 amide bonds. The third-order valence-corrected chi connectivity index (χ3v) is 6.49. The van der Waals surface area contributed by atoms with Crippen LogP contribution in [-0.2, 0) is 9.53 Å². The lowest BCUT2D eigenvalue weighted by molar-refractivity contribution is -0.121. The SMILES string of the molecule is COC(=O)c1ccc(N=C2S/C(=C\c3ccc(N4CCCCC4)cc3)C(=O)N2C)cc1. The molecule has 0 N–H and O–H groups in total. The second-order valence-electron chi connectivity index (χ2n) is 7.55. The molecule has 2 aromatic carbocycles. The van der Waals surface area contributed by atoms with Gasteiger partial charge in [-0.3, -0.25) is 9.69 Å². The van der Waals surface area contributed by atoms with Gasteiger partial charge in [0.05, 0.1) is 23.3 Å². The number of amidine groups is 1. The third-order valence-electron chi connectivity index (χ3n) is 5.43. The van der Waals surface area contributed by atoms with Crippen LogP contribution in [0.2, 0.25) is 0 Å². The first-order chi connectivity index (χ1) is 15.0. The number of hydrogen-bond acceptors (Lipinski definition) is 6. The molecule has 0 aliphatic carbocycles. The predicted octanol–water partition coefficient (Wildman–Crippen LogP) is 4.70. The zero-order valence-electron chi connectivity index (χ0n) is 17.7. The zero-order chi connectivity index (χ0) is 21.8. The van der Waals surface area contributed by atoms with Gasteiger partial charge in [0.15, 0.2) is 5.17 Å². The number of esters is 1. The largest absolute Gasteiger partial charge is 0.465 e. The fourth-order valence-corrected chi connectivity index (χ4v) is 4.62. The minimum atomic E-state index is -0.390. The van der Waals surface area contributed by atoms with Crippen LogP contribution in [0.15, 0.2) is 58.4 Å². The number of benzene rings is 2. The maximum absolute atomic E-state index is 12.7. The number of anilines is 1. The number of nitrogens with zero attached hydrogens (tertiary/aromatic N) is 3. The van der Waals surface area contributed by atoms with Crippen molar-refractivity contribution in [3.8, 4) is 0 Å². The first-order valence-corrected chi connectivity index (χ1v) is 11.2. The molecule has 31 heavy (non-hydrogen) atoms. The molecule has 0 saturated carbocycles. The molecule has 160 valence electrons. The lowest BCUT2D eigenvalue weighted by atomic mass is 10.1. The molecule has 0 aromatic heterocycles. The van der Waals surface area contributed by atoms with Gasteiger partial charge in [-0.25, -0.2) is 9.79 Å². The molecule has 0 atom stereocenters. The van der Waals surface area contributed by atoms with E-state index in [9.17, 15) is 9.59 Å². The summed E-state index contributed by atoms with van der Waals surface area (Å²) in [6.07, 6.45) is 5.72. The van der Waals surface area contributed by atoms with Crippen molar-refractivity contribution >= 4 is 46.3 Å². The van der Waals surface area contributed by atoms with E-state index in [4.69, 9.17) is 4.74 Å². The molecule has 0 unspecified atom stereocenters. The van der Waals surface area contributed by atoms with Crippen molar-refractivity contribution in [3.63, 3.8) is 0 Å². The third kappa shape index (κ3) is 4.82. The summed E-state index contributed by atoms with van der Waals surface area (Å²) in [7, 11) is 3.07. The van der Waals surface area contributed by atoms with E-state index in [0.29, 0.717) is 21.3 Å². The van der Waals surface area contributed by atoms with Gasteiger partial charge in [-0.1, -0.05) is 12.1 Å². The van der Waals surface area contributed by atoms with Gasteiger partial charge < -0.3 is 9.64 Å². The number of methoxy groups -OCH3 is 1. The van der Waals surface area contributed by atoms with Crippen molar-refractivity contribution in [2.45, 2.75) is 19.3 Å². The van der Waals surface area contributed by atoms with Crippen LogP contribution in [0.1, 0.15) is 35.2 Å².